The molecule has 1 amide bonds. The molecular weight excluding hydrogens is 243 g/mol. The molecule has 0 saturated heterocycles. The van der Waals surface area contributed by atoms with Crippen LogP contribution in [0.3, 0.4) is 0 Å². The monoisotopic (exact) mass is 257 g/mol. The minimum absolute atomic E-state index is 0.0167. The quantitative estimate of drug-likeness (QED) is 0.480. The van der Waals surface area contributed by atoms with Crippen LogP contribution in [0.2, 0.25) is 0 Å². The van der Waals surface area contributed by atoms with Gasteiger partial charge < -0.3 is 21.9 Å². The van der Waals surface area contributed by atoms with E-state index in [0.717, 1.165) is 0 Å². The van der Waals surface area contributed by atoms with Crippen molar-refractivity contribution in [2.24, 2.45) is 11.5 Å². The van der Waals surface area contributed by atoms with Gasteiger partial charge in [0.05, 0.1) is 6.17 Å². The summed E-state index contributed by atoms with van der Waals surface area (Å²) < 4.78 is 35.4. The summed E-state index contributed by atoms with van der Waals surface area (Å²) in [5, 5.41) is 9.97. The van der Waals surface area contributed by atoms with Crippen molar-refractivity contribution < 1.29 is 27.9 Å². The second-order valence-corrected chi connectivity index (χ2v) is 3.45. The van der Waals surface area contributed by atoms with Crippen LogP contribution in [-0.4, -0.2) is 35.4 Å². The molecule has 0 aromatic carbocycles. The summed E-state index contributed by atoms with van der Waals surface area (Å²) in [5.41, 5.74) is 10.4. The van der Waals surface area contributed by atoms with E-state index in [9.17, 15) is 22.8 Å². The Labute approximate surface area is 95.1 Å². The number of carboxylic acids is 1. The molecular formula is C8H14F3N3O3. The van der Waals surface area contributed by atoms with Crippen molar-refractivity contribution in [2.75, 3.05) is 0 Å². The van der Waals surface area contributed by atoms with Crippen LogP contribution in [0, 0.1) is 0 Å². The number of nitrogens with one attached hydrogen (secondary N) is 1. The van der Waals surface area contributed by atoms with Crippen LogP contribution in [0.5, 0.6) is 0 Å². The summed E-state index contributed by atoms with van der Waals surface area (Å²) in [5.74, 6) is -3.31. The first-order valence-electron chi connectivity index (χ1n) is 4.76. The van der Waals surface area contributed by atoms with Crippen molar-refractivity contribution in [1.82, 2.24) is 5.32 Å². The minimum Gasteiger partial charge on any atom is -0.480 e. The van der Waals surface area contributed by atoms with Crippen LogP contribution >= 0.6 is 0 Å². The molecule has 100 valence electrons. The molecule has 2 unspecified atom stereocenters. The first-order chi connectivity index (χ1) is 7.64. The average Bonchev–Trinajstić information content (AvgIpc) is 2.15. The highest BCUT2D eigenvalue weighted by atomic mass is 19.4. The maximum atomic E-state index is 11.8. The molecule has 0 fully saturated rings. The van der Waals surface area contributed by atoms with Gasteiger partial charge in [0.25, 0.3) is 0 Å². The Hall–Kier alpha value is -1.35. The van der Waals surface area contributed by atoms with E-state index in [2.05, 4.69) is 0 Å². The lowest BCUT2D eigenvalue weighted by atomic mass is 10.1. The molecule has 6 N–H and O–H groups in total. The normalized spacial score (nSPS) is 15.1. The Morgan fingerprint density at radius 2 is 1.76 bits per heavy atom. The highest BCUT2D eigenvalue weighted by Crippen LogP contribution is 2.14. The van der Waals surface area contributed by atoms with Crippen LogP contribution in [0.4, 0.5) is 13.2 Å². The predicted molar refractivity (Wildman–Crippen MR) is 51.6 cm³/mol. The van der Waals surface area contributed by atoms with Gasteiger partial charge in [-0.15, -0.1) is 0 Å². The van der Waals surface area contributed by atoms with Gasteiger partial charge in [0.15, 0.2) is 0 Å². The lowest BCUT2D eigenvalue weighted by Crippen LogP contribution is -2.47. The standard InChI is InChI=1S/C8H14F3N3O3/c9-8(10,11)7(17)14-5(13)3-1-2-4(12)6(15)16/h4-5H,1-3,12-13H2,(H,14,17)(H,15,16). The molecule has 0 heterocycles. The summed E-state index contributed by atoms with van der Waals surface area (Å²) in [6.45, 7) is 0. The Bertz CT molecular complexity index is 283. The molecule has 0 aliphatic rings. The van der Waals surface area contributed by atoms with Crippen molar-refractivity contribution in [3.63, 3.8) is 0 Å². The zero-order chi connectivity index (χ0) is 13.6. The number of nitrogens with two attached hydrogens (primary N) is 2. The minimum atomic E-state index is -4.98. The van der Waals surface area contributed by atoms with Gasteiger partial charge in [-0.25, -0.2) is 0 Å². The maximum Gasteiger partial charge on any atom is 0.471 e. The molecule has 0 aliphatic carbocycles. The number of amides is 1. The fourth-order valence-corrected chi connectivity index (χ4v) is 1.00. The first kappa shape index (κ1) is 15.7. The van der Waals surface area contributed by atoms with E-state index in [1.54, 1.807) is 5.32 Å². The van der Waals surface area contributed by atoms with E-state index >= 15 is 0 Å². The van der Waals surface area contributed by atoms with Crippen LogP contribution < -0.4 is 16.8 Å². The van der Waals surface area contributed by atoms with E-state index < -0.39 is 30.3 Å². The van der Waals surface area contributed by atoms with Crippen LogP contribution in [0.1, 0.15) is 19.3 Å². The summed E-state index contributed by atoms with van der Waals surface area (Å²) in [6, 6.07) is -1.08. The topological polar surface area (TPSA) is 118 Å². The van der Waals surface area contributed by atoms with E-state index in [4.69, 9.17) is 16.6 Å². The highest BCUT2D eigenvalue weighted by molar-refractivity contribution is 5.81. The number of carboxylic acid groups (broad SMARTS) is 1. The van der Waals surface area contributed by atoms with Gasteiger partial charge in [0.2, 0.25) is 0 Å². The molecule has 0 bridgehead atoms. The molecule has 0 aromatic heterocycles. The number of rotatable bonds is 6. The third-order valence-corrected chi connectivity index (χ3v) is 1.92. The zero-order valence-corrected chi connectivity index (χ0v) is 8.83. The summed E-state index contributed by atoms with van der Waals surface area (Å²) in [7, 11) is 0. The number of carbonyl (C=O) groups excluding carboxylic acids is 1. The Morgan fingerprint density at radius 3 is 2.18 bits per heavy atom. The van der Waals surface area contributed by atoms with Crippen LogP contribution in [-0.2, 0) is 9.59 Å². The summed E-state index contributed by atoms with van der Waals surface area (Å²) in [4.78, 5) is 20.8. The summed E-state index contributed by atoms with van der Waals surface area (Å²) in [6.07, 6.45) is -5.86. The van der Waals surface area contributed by atoms with Crippen molar-refractivity contribution in [3.05, 3.63) is 0 Å². The number of hydrogen-bond donors (Lipinski definition) is 4. The zero-order valence-electron chi connectivity index (χ0n) is 8.83. The number of aliphatic carboxylic acids is 1. The third-order valence-electron chi connectivity index (χ3n) is 1.92. The van der Waals surface area contributed by atoms with E-state index in [0.29, 0.717) is 0 Å². The van der Waals surface area contributed by atoms with Gasteiger partial charge in [-0.3, -0.25) is 9.59 Å². The fraction of sp³-hybridized carbons (Fsp3) is 0.750. The third kappa shape index (κ3) is 6.74. The number of alkyl halides is 3. The first-order valence-corrected chi connectivity index (χ1v) is 4.76. The Morgan fingerprint density at radius 1 is 1.24 bits per heavy atom. The number of halogens is 3. The molecule has 0 radical (unpaired) electrons. The van der Waals surface area contributed by atoms with Gasteiger partial charge >= 0.3 is 18.1 Å². The smallest absolute Gasteiger partial charge is 0.471 e. The van der Waals surface area contributed by atoms with E-state index in [1.165, 1.54) is 0 Å². The molecule has 9 heteroatoms. The van der Waals surface area contributed by atoms with Gasteiger partial charge in [-0.1, -0.05) is 0 Å². The molecule has 0 spiro atoms. The second kappa shape index (κ2) is 6.40. The number of carbonyl (C=O) groups is 2. The van der Waals surface area contributed by atoms with Crippen LogP contribution in [0.15, 0.2) is 0 Å². The lowest BCUT2D eigenvalue weighted by Gasteiger charge is -2.15. The molecule has 2 atom stereocenters. The van der Waals surface area contributed by atoms with Crippen molar-refractivity contribution in [3.8, 4) is 0 Å². The van der Waals surface area contributed by atoms with Crippen molar-refractivity contribution in [1.29, 1.82) is 0 Å². The van der Waals surface area contributed by atoms with Gasteiger partial charge in [-0.05, 0) is 19.3 Å². The van der Waals surface area contributed by atoms with Crippen molar-refractivity contribution >= 4 is 11.9 Å². The fourth-order valence-electron chi connectivity index (χ4n) is 1.00. The molecule has 0 saturated carbocycles. The summed E-state index contributed by atoms with van der Waals surface area (Å²) >= 11 is 0. The van der Waals surface area contributed by atoms with E-state index in [1.807, 2.05) is 0 Å². The molecule has 0 rings (SSSR count). The van der Waals surface area contributed by atoms with E-state index in [-0.39, 0.29) is 19.3 Å². The number of hydrogen-bond acceptors (Lipinski definition) is 4. The molecule has 17 heavy (non-hydrogen) atoms. The molecule has 6 nitrogen and oxygen atoms in total. The lowest BCUT2D eigenvalue weighted by molar-refractivity contribution is -0.174. The van der Waals surface area contributed by atoms with Crippen molar-refractivity contribution in [2.45, 2.75) is 37.6 Å². The Balaban J connectivity index is 3.85. The molecule has 0 aliphatic heterocycles. The predicted octanol–water partition coefficient (Wildman–Crippen LogP) is -0.468. The van der Waals surface area contributed by atoms with Gasteiger partial charge in [0.1, 0.15) is 6.04 Å². The molecule has 0 aromatic rings. The SMILES string of the molecule is NC(CCCC(N)C(=O)O)NC(=O)C(F)(F)F. The van der Waals surface area contributed by atoms with Gasteiger partial charge in [-0.2, -0.15) is 13.2 Å². The van der Waals surface area contributed by atoms with Gasteiger partial charge in [0, 0.05) is 0 Å². The largest absolute Gasteiger partial charge is 0.480 e. The van der Waals surface area contributed by atoms with Crippen LogP contribution in [0.25, 0.3) is 0 Å². The second-order valence-electron chi connectivity index (χ2n) is 3.45. The Kier molecular flexibility index (Phi) is 5.89. The maximum absolute atomic E-state index is 11.8. The average molecular weight is 257 g/mol. The highest BCUT2D eigenvalue weighted by Gasteiger charge is 2.39.